The number of para-hydroxylation sites is 1. The number of benzene rings is 3. The minimum Gasteiger partial charge on any atom is -0.436 e. The lowest BCUT2D eigenvalue weighted by Crippen LogP contribution is -2.23. The first-order valence-electron chi connectivity index (χ1n) is 10.6. The third-order valence-electron chi connectivity index (χ3n) is 5.17. The minimum atomic E-state index is -0.819. The summed E-state index contributed by atoms with van der Waals surface area (Å²) in [7, 11) is 0. The Morgan fingerprint density at radius 2 is 1.70 bits per heavy atom. The van der Waals surface area contributed by atoms with Crippen molar-refractivity contribution in [1.29, 1.82) is 0 Å². The van der Waals surface area contributed by atoms with Crippen molar-refractivity contribution in [3.8, 4) is 17.3 Å². The van der Waals surface area contributed by atoms with Crippen LogP contribution in [0, 0.1) is 18.6 Å². The molecule has 3 aromatic carbocycles. The number of ether oxygens (including phenoxy) is 1. The van der Waals surface area contributed by atoms with Gasteiger partial charge in [-0.05, 0) is 43.2 Å². The van der Waals surface area contributed by atoms with Gasteiger partial charge in [-0.2, -0.15) is 5.10 Å². The van der Waals surface area contributed by atoms with Gasteiger partial charge < -0.3 is 10.1 Å². The number of amides is 1. The molecule has 1 aromatic heterocycles. The fourth-order valence-corrected chi connectivity index (χ4v) is 3.46. The number of rotatable bonds is 8. The van der Waals surface area contributed by atoms with E-state index >= 15 is 0 Å². The van der Waals surface area contributed by atoms with E-state index in [1.54, 1.807) is 4.68 Å². The zero-order valence-electron chi connectivity index (χ0n) is 18.1. The average molecular weight is 447 g/mol. The molecule has 4 aromatic rings. The highest BCUT2D eigenvalue weighted by Crippen LogP contribution is 2.32. The van der Waals surface area contributed by atoms with Crippen molar-refractivity contribution >= 4 is 5.91 Å². The summed E-state index contributed by atoms with van der Waals surface area (Å²) in [4.78, 5) is 12.5. The molecule has 0 atom stereocenters. The van der Waals surface area contributed by atoms with E-state index < -0.39 is 11.6 Å². The molecular formula is C26H23F2N3O2. The molecule has 5 nitrogen and oxygen atoms in total. The third-order valence-corrected chi connectivity index (χ3v) is 5.17. The van der Waals surface area contributed by atoms with Crippen molar-refractivity contribution in [2.75, 3.05) is 0 Å². The van der Waals surface area contributed by atoms with Crippen molar-refractivity contribution in [2.45, 2.75) is 26.3 Å². The third kappa shape index (κ3) is 5.44. The summed E-state index contributed by atoms with van der Waals surface area (Å²) < 4.78 is 35.1. The fraction of sp³-hybridized carbons (Fsp3) is 0.154. The summed E-state index contributed by atoms with van der Waals surface area (Å²) in [6, 6.07) is 22.0. The van der Waals surface area contributed by atoms with E-state index in [4.69, 9.17) is 4.74 Å². The number of nitrogens with one attached hydrogen (secondary N) is 1. The second-order valence-electron chi connectivity index (χ2n) is 7.56. The van der Waals surface area contributed by atoms with Crippen molar-refractivity contribution in [3.05, 3.63) is 107 Å². The van der Waals surface area contributed by atoms with Gasteiger partial charge in [-0.1, -0.05) is 48.5 Å². The standard InChI is InChI=1S/C26H23F2N3O2/c1-18-22(13-15-25(32)29-17-19-8-4-2-5-9-19)26(31(30-18)21-10-6-3-7-11-21)33-24-14-12-20(27)16-23(24)28/h2-12,14,16H,13,15,17H2,1H3,(H,29,32). The smallest absolute Gasteiger partial charge is 0.226 e. The van der Waals surface area contributed by atoms with Gasteiger partial charge in [0.2, 0.25) is 11.8 Å². The molecule has 7 heteroatoms. The molecule has 1 heterocycles. The van der Waals surface area contributed by atoms with Gasteiger partial charge in [-0.3, -0.25) is 4.79 Å². The molecule has 0 unspecified atom stereocenters. The number of aryl methyl sites for hydroxylation is 1. The molecule has 33 heavy (non-hydrogen) atoms. The van der Waals surface area contributed by atoms with Crippen LogP contribution in [0.5, 0.6) is 11.6 Å². The first-order valence-corrected chi connectivity index (χ1v) is 10.6. The number of hydrogen-bond acceptors (Lipinski definition) is 3. The van der Waals surface area contributed by atoms with E-state index in [9.17, 15) is 13.6 Å². The quantitative estimate of drug-likeness (QED) is 0.388. The number of nitrogens with zero attached hydrogens (tertiary/aromatic N) is 2. The lowest BCUT2D eigenvalue weighted by molar-refractivity contribution is -0.121. The van der Waals surface area contributed by atoms with Gasteiger partial charge in [-0.25, -0.2) is 13.5 Å². The van der Waals surface area contributed by atoms with E-state index in [1.807, 2.05) is 67.6 Å². The van der Waals surface area contributed by atoms with Gasteiger partial charge >= 0.3 is 0 Å². The summed E-state index contributed by atoms with van der Waals surface area (Å²) in [6.45, 7) is 2.25. The molecule has 0 radical (unpaired) electrons. The van der Waals surface area contributed by atoms with E-state index in [-0.39, 0.29) is 18.1 Å². The van der Waals surface area contributed by atoms with Crippen LogP contribution in [0.4, 0.5) is 8.78 Å². The fourth-order valence-electron chi connectivity index (χ4n) is 3.46. The van der Waals surface area contributed by atoms with E-state index in [2.05, 4.69) is 10.4 Å². The molecule has 4 rings (SSSR count). The van der Waals surface area contributed by atoms with Crippen molar-refractivity contribution in [3.63, 3.8) is 0 Å². The van der Waals surface area contributed by atoms with Crippen molar-refractivity contribution in [2.24, 2.45) is 0 Å². The summed E-state index contributed by atoms with van der Waals surface area (Å²) in [5.74, 6) is -1.46. The first-order chi connectivity index (χ1) is 16.0. The topological polar surface area (TPSA) is 56.2 Å². The van der Waals surface area contributed by atoms with Gasteiger partial charge in [0.1, 0.15) is 5.82 Å². The lowest BCUT2D eigenvalue weighted by Gasteiger charge is -2.12. The molecule has 1 N–H and O–H groups in total. The summed E-state index contributed by atoms with van der Waals surface area (Å²) in [5, 5.41) is 7.46. The Kier molecular flexibility index (Phi) is 6.78. The highest BCUT2D eigenvalue weighted by molar-refractivity contribution is 5.76. The lowest BCUT2D eigenvalue weighted by atomic mass is 10.1. The monoisotopic (exact) mass is 447 g/mol. The van der Waals surface area contributed by atoms with Crippen LogP contribution in [0.3, 0.4) is 0 Å². The highest BCUT2D eigenvalue weighted by atomic mass is 19.1. The van der Waals surface area contributed by atoms with E-state index in [1.165, 1.54) is 6.07 Å². The second kappa shape index (κ2) is 10.1. The molecule has 0 saturated carbocycles. The number of aromatic nitrogens is 2. The van der Waals surface area contributed by atoms with Gasteiger partial charge in [0.25, 0.3) is 0 Å². The van der Waals surface area contributed by atoms with Crippen LogP contribution >= 0.6 is 0 Å². The molecule has 0 spiro atoms. The summed E-state index contributed by atoms with van der Waals surface area (Å²) in [5.41, 5.74) is 3.07. The number of carbonyl (C=O) groups excluding carboxylic acids is 1. The molecule has 0 saturated heterocycles. The van der Waals surface area contributed by atoms with Gasteiger partial charge in [0.05, 0.1) is 11.4 Å². The Bertz CT molecular complexity index is 1240. The highest BCUT2D eigenvalue weighted by Gasteiger charge is 2.21. The number of halogens is 2. The first kappa shape index (κ1) is 22.2. The maximum absolute atomic E-state index is 14.3. The molecule has 0 aliphatic carbocycles. The van der Waals surface area contributed by atoms with Crippen LogP contribution in [0.15, 0.2) is 78.9 Å². The molecule has 0 fully saturated rings. The van der Waals surface area contributed by atoms with E-state index in [0.29, 0.717) is 30.1 Å². The number of hydrogen-bond donors (Lipinski definition) is 1. The van der Waals surface area contributed by atoms with Crippen LogP contribution < -0.4 is 10.1 Å². The van der Waals surface area contributed by atoms with Crippen LogP contribution in [0.25, 0.3) is 5.69 Å². The number of carbonyl (C=O) groups is 1. The Morgan fingerprint density at radius 3 is 2.39 bits per heavy atom. The predicted molar refractivity (Wildman–Crippen MR) is 121 cm³/mol. The molecular weight excluding hydrogens is 424 g/mol. The van der Waals surface area contributed by atoms with Gasteiger partial charge in [-0.15, -0.1) is 0 Å². The van der Waals surface area contributed by atoms with Crippen LogP contribution in [0.1, 0.15) is 23.2 Å². The maximum atomic E-state index is 14.3. The predicted octanol–water partition coefficient (Wildman–Crippen LogP) is 5.50. The SMILES string of the molecule is Cc1nn(-c2ccccc2)c(Oc2ccc(F)cc2F)c1CCC(=O)NCc1ccccc1. The summed E-state index contributed by atoms with van der Waals surface area (Å²) in [6.07, 6.45) is 0.549. The van der Waals surface area contributed by atoms with Gasteiger partial charge in [0, 0.05) is 24.6 Å². The molecule has 0 bridgehead atoms. The molecule has 1 amide bonds. The zero-order chi connectivity index (χ0) is 23.2. The van der Waals surface area contributed by atoms with Crippen LogP contribution in [-0.2, 0) is 17.8 Å². The Balaban J connectivity index is 1.57. The van der Waals surface area contributed by atoms with Crippen molar-refractivity contribution in [1.82, 2.24) is 15.1 Å². The van der Waals surface area contributed by atoms with Crippen LogP contribution in [-0.4, -0.2) is 15.7 Å². The summed E-state index contributed by atoms with van der Waals surface area (Å²) >= 11 is 0. The Hall–Kier alpha value is -4.00. The maximum Gasteiger partial charge on any atom is 0.226 e. The minimum absolute atomic E-state index is 0.121. The normalized spacial score (nSPS) is 10.8. The second-order valence-corrected chi connectivity index (χ2v) is 7.56. The van der Waals surface area contributed by atoms with E-state index in [0.717, 1.165) is 23.4 Å². The molecule has 168 valence electrons. The van der Waals surface area contributed by atoms with Crippen LogP contribution in [0.2, 0.25) is 0 Å². The largest absolute Gasteiger partial charge is 0.436 e. The average Bonchev–Trinajstić information content (AvgIpc) is 3.14. The Morgan fingerprint density at radius 1 is 1.00 bits per heavy atom. The Labute approximate surface area is 190 Å². The zero-order valence-corrected chi connectivity index (χ0v) is 18.1. The van der Waals surface area contributed by atoms with Gasteiger partial charge in [0.15, 0.2) is 11.6 Å². The molecule has 0 aliphatic heterocycles. The molecule has 0 aliphatic rings. The van der Waals surface area contributed by atoms with Crippen molar-refractivity contribution < 1.29 is 18.3 Å².